The van der Waals surface area contributed by atoms with Gasteiger partial charge in [-0.15, -0.1) is 0 Å². The number of methoxy groups -OCH3 is 1. The Kier molecular flexibility index (Phi) is 5.99. The highest BCUT2D eigenvalue weighted by atomic mass is 16.5. The van der Waals surface area contributed by atoms with Gasteiger partial charge < -0.3 is 15.4 Å². The molecule has 1 rings (SSSR count). The molecule has 0 radical (unpaired) electrons. The first-order valence-corrected chi connectivity index (χ1v) is 7.37. The van der Waals surface area contributed by atoms with Crippen molar-refractivity contribution < 1.29 is 14.3 Å². The Labute approximate surface area is 121 Å². The van der Waals surface area contributed by atoms with Crippen LogP contribution < -0.4 is 5.73 Å². The first kappa shape index (κ1) is 17.0. The predicted octanol–water partition coefficient (Wildman–Crippen LogP) is 1.69. The highest BCUT2D eigenvalue weighted by molar-refractivity contribution is 5.85. The average Bonchev–Trinajstić information content (AvgIpc) is 2.35. The summed E-state index contributed by atoms with van der Waals surface area (Å²) in [5, 5.41) is 0. The van der Waals surface area contributed by atoms with E-state index in [0.717, 1.165) is 19.3 Å². The molecule has 0 bridgehead atoms. The Morgan fingerprint density at radius 2 is 2.00 bits per heavy atom. The summed E-state index contributed by atoms with van der Waals surface area (Å²) in [4.78, 5) is 25.8. The summed E-state index contributed by atoms with van der Waals surface area (Å²) >= 11 is 0. The van der Waals surface area contributed by atoms with Crippen LogP contribution in [0.4, 0.5) is 0 Å². The zero-order valence-electron chi connectivity index (χ0n) is 13.1. The van der Waals surface area contributed by atoms with Crippen LogP contribution in [-0.4, -0.2) is 42.5 Å². The van der Waals surface area contributed by atoms with Crippen LogP contribution in [0.25, 0.3) is 0 Å². The van der Waals surface area contributed by atoms with E-state index < -0.39 is 6.04 Å². The molecule has 1 fully saturated rings. The smallest absolute Gasteiger partial charge is 0.328 e. The second-order valence-electron chi connectivity index (χ2n) is 6.85. The van der Waals surface area contributed by atoms with Gasteiger partial charge in [-0.2, -0.15) is 0 Å². The molecule has 20 heavy (non-hydrogen) atoms. The van der Waals surface area contributed by atoms with Crippen molar-refractivity contribution >= 4 is 11.9 Å². The minimum atomic E-state index is -0.428. The van der Waals surface area contributed by atoms with Crippen LogP contribution in [-0.2, 0) is 14.3 Å². The molecule has 0 aromatic rings. The number of likely N-dealkylation sites (tertiary alicyclic amines) is 1. The number of carbonyl (C=O) groups is 2. The molecule has 0 saturated carbocycles. The van der Waals surface area contributed by atoms with Gasteiger partial charge in [-0.1, -0.05) is 20.8 Å². The summed E-state index contributed by atoms with van der Waals surface area (Å²) in [6, 6.07) is -0.592. The van der Waals surface area contributed by atoms with Crippen LogP contribution >= 0.6 is 0 Å². The molecular weight excluding hydrogens is 256 g/mol. The van der Waals surface area contributed by atoms with Gasteiger partial charge in [0.1, 0.15) is 6.04 Å². The van der Waals surface area contributed by atoms with E-state index in [9.17, 15) is 9.59 Å². The fourth-order valence-corrected chi connectivity index (χ4v) is 2.81. The Bertz CT molecular complexity index is 350. The quantitative estimate of drug-likeness (QED) is 0.797. The molecular formula is C15H28N2O3. The van der Waals surface area contributed by atoms with E-state index in [4.69, 9.17) is 10.5 Å². The summed E-state index contributed by atoms with van der Waals surface area (Å²) in [6.07, 6.45) is 3.67. The molecule has 1 aliphatic heterocycles. The molecule has 0 aliphatic carbocycles. The van der Waals surface area contributed by atoms with Crippen molar-refractivity contribution in [1.82, 2.24) is 4.90 Å². The monoisotopic (exact) mass is 284 g/mol. The van der Waals surface area contributed by atoms with Crippen molar-refractivity contribution in [2.24, 2.45) is 11.1 Å². The molecule has 5 heteroatoms. The van der Waals surface area contributed by atoms with Crippen molar-refractivity contribution in [3.63, 3.8) is 0 Å². The van der Waals surface area contributed by atoms with Gasteiger partial charge in [0.15, 0.2) is 0 Å². The van der Waals surface area contributed by atoms with Gasteiger partial charge >= 0.3 is 5.97 Å². The maximum atomic E-state index is 12.4. The first-order valence-electron chi connectivity index (χ1n) is 7.37. The van der Waals surface area contributed by atoms with Crippen LogP contribution in [0.2, 0.25) is 0 Å². The number of carbonyl (C=O) groups excluding carboxylic acids is 2. The van der Waals surface area contributed by atoms with Crippen molar-refractivity contribution in [2.75, 3.05) is 13.7 Å². The molecule has 1 heterocycles. The van der Waals surface area contributed by atoms with Crippen molar-refractivity contribution in [2.45, 2.75) is 65.0 Å². The van der Waals surface area contributed by atoms with Gasteiger partial charge in [-0.25, -0.2) is 4.79 Å². The van der Waals surface area contributed by atoms with Crippen LogP contribution in [0.5, 0.6) is 0 Å². The van der Waals surface area contributed by atoms with Crippen molar-refractivity contribution in [1.29, 1.82) is 0 Å². The number of esters is 1. The minimum Gasteiger partial charge on any atom is -0.467 e. The number of rotatable bonds is 4. The lowest BCUT2D eigenvalue weighted by atomic mass is 9.87. The number of hydrogen-bond acceptors (Lipinski definition) is 4. The van der Waals surface area contributed by atoms with Crippen molar-refractivity contribution in [3.8, 4) is 0 Å². The van der Waals surface area contributed by atoms with Crippen LogP contribution in [0.1, 0.15) is 52.9 Å². The number of nitrogens with two attached hydrogens (primary N) is 1. The summed E-state index contributed by atoms with van der Waals surface area (Å²) in [5.41, 5.74) is 6.16. The number of nitrogens with zero attached hydrogens (tertiary/aromatic N) is 1. The van der Waals surface area contributed by atoms with E-state index >= 15 is 0 Å². The standard InChI is InChI=1S/C15H28N2O3/c1-15(2,3)10-11(16)9-13(18)17-8-6-5-7-12(17)14(19)20-4/h11-12H,5-10,16H2,1-4H3. The molecule has 5 nitrogen and oxygen atoms in total. The number of ether oxygens (including phenoxy) is 1. The van der Waals surface area contributed by atoms with Crippen LogP contribution in [0.3, 0.4) is 0 Å². The average molecular weight is 284 g/mol. The van der Waals surface area contributed by atoms with Gasteiger partial charge in [0.05, 0.1) is 7.11 Å². The van der Waals surface area contributed by atoms with E-state index in [2.05, 4.69) is 20.8 Å². The summed E-state index contributed by atoms with van der Waals surface area (Å²) in [6.45, 7) is 6.95. The topological polar surface area (TPSA) is 72.6 Å². The Hall–Kier alpha value is -1.10. The maximum absolute atomic E-state index is 12.4. The largest absolute Gasteiger partial charge is 0.467 e. The number of hydrogen-bond donors (Lipinski definition) is 1. The second-order valence-corrected chi connectivity index (χ2v) is 6.85. The number of piperidine rings is 1. The van der Waals surface area contributed by atoms with E-state index in [1.165, 1.54) is 7.11 Å². The zero-order chi connectivity index (χ0) is 15.3. The molecule has 2 N–H and O–H groups in total. The Morgan fingerprint density at radius 3 is 2.55 bits per heavy atom. The third-order valence-electron chi connectivity index (χ3n) is 3.61. The van der Waals surface area contributed by atoms with E-state index in [1.807, 2.05) is 0 Å². The summed E-state index contributed by atoms with van der Waals surface area (Å²) < 4.78 is 4.79. The minimum absolute atomic E-state index is 0.0307. The van der Waals surface area contributed by atoms with Crippen LogP contribution in [0, 0.1) is 5.41 Å². The maximum Gasteiger partial charge on any atom is 0.328 e. The third-order valence-corrected chi connectivity index (χ3v) is 3.61. The zero-order valence-corrected chi connectivity index (χ0v) is 13.1. The van der Waals surface area contributed by atoms with Crippen molar-refractivity contribution in [3.05, 3.63) is 0 Å². The lowest BCUT2D eigenvalue weighted by molar-refractivity contribution is -0.154. The molecule has 116 valence electrons. The summed E-state index contributed by atoms with van der Waals surface area (Å²) in [7, 11) is 1.37. The van der Waals surface area contributed by atoms with Gasteiger partial charge in [0, 0.05) is 19.0 Å². The van der Waals surface area contributed by atoms with E-state index in [1.54, 1.807) is 4.90 Å². The molecule has 1 amide bonds. The molecule has 1 aliphatic rings. The summed E-state index contributed by atoms with van der Waals surface area (Å²) in [5.74, 6) is -0.348. The third kappa shape index (κ3) is 5.12. The van der Waals surface area contributed by atoms with E-state index in [0.29, 0.717) is 19.4 Å². The Balaban J connectivity index is 2.61. The molecule has 0 aromatic carbocycles. The van der Waals surface area contributed by atoms with Gasteiger partial charge in [0.25, 0.3) is 0 Å². The lowest BCUT2D eigenvalue weighted by Crippen LogP contribution is -2.49. The molecule has 0 aromatic heterocycles. The molecule has 1 saturated heterocycles. The van der Waals surface area contributed by atoms with Gasteiger partial charge in [-0.05, 0) is 31.1 Å². The predicted molar refractivity (Wildman–Crippen MR) is 78.0 cm³/mol. The highest BCUT2D eigenvalue weighted by Gasteiger charge is 2.33. The first-order chi connectivity index (χ1) is 9.24. The highest BCUT2D eigenvalue weighted by Crippen LogP contribution is 2.23. The van der Waals surface area contributed by atoms with E-state index in [-0.39, 0.29) is 23.3 Å². The number of amides is 1. The SMILES string of the molecule is COC(=O)C1CCCCN1C(=O)CC(N)CC(C)(C)C. The van der Waals surface area contributed by atoms with Crippen LogP contribution in [0.15, 0.2) is 0 Å². The molecule has 2 unspecified atom stereocenters. The normalized spacial score (nSPS) is 21.4. The molecule has 0 spiro atoms. The van der Waals surface area contributed by atoms with Gasteiger partial charge in [0.2, 0.25) is 5.91 Å². The van der Waals surface area contributed by atoms with Gasteiger partial charge in [-0.3, -0.25) is 4.79 Å². The fraction of sp³-hybridized carbons (Fsp3) is 0.867. The fourth-order valence-electron chi connectivity index (χ4n) is 2.81. The Morgan fingerprint density at radius 1 is 1.35 bits per heavy atom. The molecule has 2 atom stereocenters. The lowest BCUT2D eigenvalue weighted by Gasteiger charge is -2.35. The second kappa shape index (κ2) is 7.07.